The van der Waals surface area contributed by atoms with Gasteiger partial charge >= 0.3 is 0 Å². The van der Waals surface area contributed by atoms with Crippen molar-refractivity contribution in [3.63, 3.8) is 0 Å². The summed E-state index contributed by atoms with van der Waals surface area (Å²) in [6.45, 7) is 9.26. The van der Waals surface area contributed by atoms with Gasteiger partial charge in [-0.3, -0.25) is 0 Å². The first-order chi connectivity index (χ1) is 8.01. The molecule has 0 saturated carbocycles. The van der Waals surface area contributed by atoms with Gasteiger partial charge in [-0.1, -0.05) is 24.8 Å². The molecular weight excluding hydrogens is 219 g/mol. The summed E-state index contributed by atoms with van der Waals surface area (Å²) in [6.07, 6.45) is 3.43. The second-order valence-corrected chi connectivity index (χ2v) is 3.57. The van der Waals surface area contributed by atoms with Crippen molar-refractivity contribution in [2.24, 2.45) is 0 Å². The standard InChI is InChI=1S/C14H15FO2/c1-10(2)5-6-11(3)17-14-8-12(15)7-13(9-14)16-4/h5-9H,1,3H2,2,4H3/b6-5-. The van der Waals surface area contributed by atoms with Crippen molar-refractivity contribution in [1.29, 1.82) is 0 Å². The highest BCUT2D eigenvalue weighted by Crippen LogP contribution is 2.23. The fourth-order valence-electron chi connectivity index (χ4n) is 1.13. The van der Waals surface area contributed by atoms with Crippen LogP contribution in [0.3, 0.4) is 0 Å². The highest BCUT2D eigenvalue weighted by Gasteiger charge is 2.02. The molecule has 17 heavy (non-hydrogen) atoms. The van der Waals surface area contributed by atoms with Crippen molar-refractivity contribution < 1.29 is 13.9 Å². The molecule has 0 amide bonds. The summed E-state index contributed by atoms with van der Waals surface area (Å²) in [7, 11) is 1.47. The number of ether oxygens (including phenoxy) is 2. The maximum Gasteiger partial charge on any atom is 0.134 e. The summed E-state index contributed by atoms with van der Waals surface area (Å²) >= 11 is 0. The SMILES string of the molecule is C=C(C)/C=C\C(=C)Oc1cc(F)cc(OC)c1. The second kappa shape index (κ2) is 5.89. The lowest BCUT2D eigenvalue weighted by molar-refractivity contribution is 0.399. The Morgan fingerprint density at radius 2 is 1.82 bits per heavy atom. The number of benzene rings is 1. The molecule has 1 aromatic rings. The summed E-state index contributed by atoms with van der Waals surface area (Å²) in [4.78, 5) is 0. The van der Waals surface area contributed by atoms with E-state index in [2.05, 4.69) is 13.2 Å². The molecule has 0 atom stereocenters. The summed E-state index contributed by atoms with van der Waals surface area (Å²) in [6, 6.07) is 4.13. The van der Waals surface area contributed by atoms with Crippen LogP contribution >= 0.6 is 0 Å². The van der Waals surface area contributed by atoms with Crippen LogP contribution in [0.4, 0.5) is 4.39 Å². The van der Waals surface area contributed by atoms with Crippen LogP contribution in [0, 0.1) is 5.82 Å². The molecule has 1 rings (SSSR count). The Labute approximate surface area is 101 Å². The van der Waals surface area contributed by atoms with E-state index in [1.165, 1.54) is 19.2 Å². The lowest BCUT2D eigenvalue weighted by atomic mass is 10.3. The van der Waals surface area contributed by atoms with Crippen LogP contribution in [0.2, 0.25) is 0 Å². The molecule has 0 heterocycles. The molecule has 0 unspecified atom stereocenters. The minimum absolute atomic E-state index is 0.346. The van der Waals surface area contributed by atoms with E-state index in [4.69, 9.17) is 9.47 Å². The quantitative estimate of drug-likeness (QED) is 0.569. The third kappa shape index (κ3) is 4.55. The molecule has 0 aliphatic heterocycles. The summed E-state index contributed by atoms with van der Waals surface area (Å²) < 4.78 is 23.4. The van der Waals surface area contributed by atoms with Crippen LogP contribution < -0.4 is 9.47 Å². The van der Waals surface area contributed by atoms with Crippen LogP contribution in [0.1, 0.15) is 6.92 Å². The largest absolute Gasteiger partial charge is 0.497 e. The first-order valence-electron chi connectivity index (χ1n) is 5.06. The minimum Gasteiger partial charge on any atom is -0.497 e. The number of methoxy groups -OCH3 is 1. The molecule has 0 fully saturated rings. The smallest absolute Gasteiger partial charge is 0.134 e. The third-order valence-electron chi connectivity index (χ3n) is 1.88. The van der Waals surface area contributed by atoms with E-state index in [9.17, 15) is 4.39 Å². The molecular formula is C14H15FO2. The fraction of sp³-hybridized carbons (Fsp3) is 0.143. The van der Waals surface area contributed by atoms with Gasteiger partial charge in [0.05, 0.1) is 7.11 Å². The molecule has 0 bridgehead atoms. The van der Waals surface area contributed by atoms with Crippen molar-refractivity contribution >= 4 is 0 Å². The molecule has 0 spiro atoms. The Bertz CT molecular complexity index is 461. The Hall–Kier alpha value is -2.03. The van der Waals surface area contributed by atoms with Gasteiger partial charge in [0.2, 0.25) is 0 Å². The molecule has 0 aliphatic carbocycles. The predicted molar refractivity (Wildman–Crippen MR) is 66.7 cm³/mol. The topological polar surface area (TPSA) is 18.5 Å². The summed E-state index contributed by atoms with van der Waals surface area (Å²) in [5.74, 6) is 0.728. The average Bonchev–Trinajstić information content (AvgIpc) is 2.25. The fourth-order valence-corrected chi connectivity index (χ4v) is 1.13. The van der Waals surface area contributed by atoms with Gasteiger partial charge in [-0.05, 0) is 13.0 Å². The van der Waals surface area contributed by atoms with Crippen LogP contribution in [0.5, 0.6) is 11.5 Å². The number of hydrogen-bond donors (Lipinski definition) is 0. The van der Waals surface area contributed by atoms with Gasteiger partial charge in [0.1, 0.15) is 23.1 Å². The third-order valence-corrected chi connectivity index (χ3v) is 1.88. The van der Waals surface area contributed by atoms with Gasteiger partial charge in [0.25, 0.3) is 0 Å². The van der Waals surface area contributed by atoms with Crippen molar-refractivity contribution in [2.75, 3.05) is 7.11 Å². The van der Waals surface area contributed by atoms with E-state index in [0.717, 1.165) is 5.57 Å². The highest BCUT2D eigenvalue weighted by atomic mass is 19.1. The van der Waals surface area contributed by atoms with Crippen LogP contribution in [-0.4, -0.2) is 7.11 Å². The van der Waals surface area contributed by atoms with Gasteiger partial charge in [0, 0.05) is 18.2 Å². The predicted octanol–water partition coefficient (Wildman–Crippen LogP) is 3.86. The van der Waals surface area contributed by atoms with Crippen molar-refractivity contribution in [1.82, 2.24) is 0 Å². The monoisotopic (exact) mass is 234 g/mol. The maximum absolute atomic E-state index is 13.2. The molecule has 0 aliphatic rings. The van der Waals surface area contributed by atoms with Crippen molar-refractivity contribution in [2.45, 2.75) is 6.92 Å². The number of allylic oxidation sites excluding steroid dienone is 3. The van der Waals surface area contributed by atoms with Crippen LogP contribution in [-0.2, 0) is 0 Å². The van der Waals surface area contributed by atoms with Crippen LogP contribution in [0.25, 0.3) is 0 Å². The molecule has 0 N–H and O–H groups in total. The van der Waals surface area contributed by atoms with Gasteiger partial charge in [-0.15, -0.1) is 0 Å². The summed E-state index contributed by atoms with van der Waals surface area (Å²) in [5, 5.41) is 0. The van der Waals surface area contributed by atoms with E-state index in [1.807, 2.05) is 6.92 Å². The number of halogens is 1. The van der Waals surface area contributed by atoms with E-state index in [0.29, 0.717) is 17.3 Å². The minimum atomic E-state index is -0.420. The van der Waals surface area contributed by atoms with E-state index < -0.39 is 5.82 Å². The zero-order valence-electron chi connectivity index (χ0n) is 10.00. The van der Waals surface area contributed by atoms with Crippen molar-refractivity contribution in [3.05, 3.63) is 60.7 Å². The molecule has 0 radical (unpaired) electrons. The molecule has 0 aromatic heterocycles. The lowest BCUT2D eigenvalue weighted by Gasteiger charge is -2.07. The van der Waals surface area contributed by atoms with E-state index >= 15 is 0 Å². The summed E-state index contributed by atoms with van der Waals surface area (Å²) in [5.41, 5.74) is 0.881. The Morgan fingerprint density at radius 1 is 1.18 bits per heavy atom. The van der Waals surface area contributed by atoms with Gasteiger partial charge < -0.3 is 9.47 Å². The first kappa shape index (κ1) is 13.0. The zero-order valence-corrected chi connectivity index (χ0v) is 10.00. The normalized spacial score (nSPS) is 10.3. The lowest BCUT2D eigenvalue weighted by Crippen LogP contribution is -1.93. The Kier molecular flexibility index (Phi) is 4.52. The first-order valence-corrected chi connectivity index (χ1v) is 5.06. The zero-order chi connectivity index (χ0) is 12.8. The highest BCUT2D eigenvalue weighted by molar-refractivity contribution is 5.35. The molecule has 90 valence electrons. The van der Waals surface area contributed by atoms with E-state index in [-0.39, 0.29) is 0 Å². The second-order valence-electron chi connectivity index (χ2n) is 3.57. The number of rotatable bonds is 5. The molecule has 0 saturated heterocycles. The van der Waals surface area contributed by atoms with Crippen LogP contribution in [0.15, 0.2) is 54.8 Å². The molecule has 2 nitrogen and oxygen atoms in total. The Morgan fingerprint density at radius 3 is 2.41 bits per heavy atom. The number of hydrogen-bond acceptors (Lipinski definition) is 2. The van der Waals surface area contributed by atoms with Gasteiger partial charge in [-0.2, -0.15) is 0 Å². The molecule has 1 aromatic carbocycles. The Balaban J connectivity index is 2.77. The van der Waals surface area contributed by atoms with E-state index in [1.54, 1.807) is 18.2 Å². The maximum atomic E-state index is 13.2. The van der Waals surface area contributed by atoms with Gasteiger partial charge in [-0.25, -0.2) is 4.39 Å². The molecule has 3 heteroatoms. The van der Waals surface area contributed by atoms with Crippen molar-refractivity contribution in [3.8, 4) is 11.5 Å². The van der Waals surface area contributed by atoms with Gasteiger partial charge in [0.15, 0.2) is 0 Å². The average molecular weight is 234 g/mol.